The Morgan fingerprint density at radius 2 is 1.78 bits per heavy atom. The number of nitriles is 1. The molecule has 1 aliphatic rings. The van der Waals surface area contributed by atoms with E-state index in [9.17, 15) is 18.0 Å². The Morgan fingerprint density at radius 3 is 2.35 bits per heavy atom. The number of aryl methyl sites for hydroxylation is 3. The van der Waals surface area contributed by atoms with Crippen LogP contribution in [0.25, 0.3) is 5.70 Å². The summed E-state index contributed by atoms with van der Waals surface area (Å²) >= 11 is 0. The SMILES string of the molecule is CC/C=C(\N=C(C(C)CC)C1CCCN1C(=BOC#N)NC(=O)OC(C)(C)C)c1ccc(CCc2ccc(CCC)cc2)c(C(F)(F)F)c1. The third kappa shape index (κ3) is 11.8. The third-order valence-corrected chi connectivity index (χ3v) is 8.48. The molecule has 1 amide bonds. The first-order valence-electron chi connectivity index (χ1n) is 17.3. The van der Waals surface area contributed by atoms with Crippen LogP contribution in [0.15, 0.2) is 53.5 Å². The van der Waals surface area contributed by atoms with Gasteiger partial charge in [0.25, 0.3) is 0 Å². The van der Waals surface area contributed by atoms with Gasteiger partial charge in [0.15, 0.2) is 0 Å². The number of halogens is 3. The molecular weight excluding hydrogens is 628 g/mol. The molecule has 0 saturated carbocycles. The number of ether oxygens (including phenoxy) is 1. The molecule has 264 valence electrons. The zero-order valence-corrected chi connectivity index (χ0v) is 29.9. The molecule has 0 spiro atoms. The Bertz CT molecular complexity index is 1540. The number of likely N-dealkylation sites (tertiary alicyclic amines) is 1. The zero-order valence-electron chi connectivity index (χ0n) is 29.9. The van der Waals surface area contributed by atoms with E-state index in [0.29, 0.717) is 37.1 Å². The average Bonchev–Trinajstić information content (AvgIpc) is 3.52. The first kappa shape index (κ1) is 39.4. The molecule has 1 heterocycles. The van der Waals surface area contributed by atoms with Crippen LogP contribution in [0.1, 0.15) is 108 Å². The van der Waals surface area contributed by atoms with Crippen LogP contribution in [0.3, 0.4) is 0 Å². The van der Waals surface area contributed by atoms with Crippen molar-refractivity contribution in [1.29, 1.82) is 5.26 Å². The van der Waals surface area contributed by atoms with E-state index in [1.165, 1.54) is 18.8 Å². The molecule has 2 aromatic carbocycles. The summed E-state index contributed by atoms with van der Waals surface area (Å²) in [6.07, 6.45) is 3.77. The van der Waals surface area contributed by atoms with Crippen molar-refractivity contribution in [1.82, 2.24) is 10.2 Å². The molecule has 0 aromatic heterocycles. The molecule has 1 saturated heterocycles. The molecule has 2 aromatic rings. The molecule has 3 rings (SSSR count). The summed E-state index contributed by atoms with van der Waals surface area (Å²) in [6.45, 7) is 13.9. The van der Waals surface area contributed by atoms with Crippen molar-refractivity contribution < 1.29 is 27.4 Å². The van der Waals surface area contributed by atoms with Gasteiger partial charge in [-0.1, -0.05) is 37.6 Å². The zero-order chi connectivity index (χ0) is 36.2. The number of aliphatic imine (C=N–C) groups is 1. The van der Waals surface area contributed by atoms with E-state index >= 15 is 0 Å². The number of nitrogens with one attached hydrogen (secondary N) is 1. The number of benzene rings is 2. The van der Waals surface area contributed by atoms with Gasteiger partial charge in [-0.15, -0.1) is 0 Å². The van der Waals surface area contributed by atoms with Gasteiger partial charge in [0.05, 0.1) is 0 Å². The van der Waals surface area contributed by atoms with Gasteiger partial charge in [0.1, 0.15) is 0 Å². The first-order valence-corrected chi connectivity index (χ1v) is 17.3. The van der Waals surface area contributed by atoms with Crippen LogP contribution < -0.4 is 5.32 Å². The van der Waals surface area contributed by atoms with Crippen LogP contribution in [0, 0.1) is 17.4 Å². The van der Waals surface area contributed by atoms with Gasteiger partial charge >= 0.3 is 236 Å². The average molecular weight is 679 g/mol. The quantitative estimate of drug-likeness (QED) is 0.123. The van der Waals surface area contributed by atoms with Crippen LogP contribution in [0.2, 0.25) is 0 Å². The number of nitrogens with zero attached hydrogens (tertiary/aromatic N) is 3. The number of carbonyl (C=O) groups excluding carboxylic acids is 1. The van der Waals surface area contributed by atoms with Crippen molar-refractivity contribution in [3.05, 3.63) is 76.4 Å². The Hall–Kier alpha value is -4.07. The fraction of sp³-hybridized carbons (Fsp3) is 0.526. The second kappa shape index (κ2) is 18.1. The Balaban J connectivity index is 2.00. The van der Waals surface area contributed by atoms with Crippen LogP contribution in [0.5, 0.6) is 0 Å². The normalized spacial score (nSPS) is 16.6. The van der Waals surface area contributed by atoms with Crippen LogP contribution in [-0.4, -0.2) is 47.7 Å². The summed E-state index contributed by atoms with van der Waals surface area (Å²) in [4.78, 5) is 19.8. The van der Waals surface area contributed by atoms with Gasteiger partial charge in [-0.2, -0.15) is 0 Å². The molecule has 0 bridgehead atoms. The fourth-order valence-electron chi connectivity index (χ4n) is 5.96. The number of hydrogen-bond acceptors (Lipinski definition) is 6. The summed E-state index contributed by atoms with van der Waals surface area (Å²) in [5, 5.41) is 11.8. The first-order chi connectivity index (χ1) is 23.2. The monoisotopic (exact) mass is 678 g/mol. The van der Waals surface area contributed by atoms with Gasteiger partial charge < -0.3 is 0 Å². The molecule has 1 aliphatic heterocycles. The number of carbonyl (C=O) groups is 1. The predicted octanol–water partition coefficient (Wildman–Crippen LogP) is 8.87. The molecule has 0 aliphatic carbocycles. The number of rotatable bonds is 14. The van der Waals surface area contributed by atoms with Gasteiger partial charge in [0, 0.05) is 0 Å². The molecule has 0 radical (unpaired) electrons. The molecule has 1 fully saturated rings. The standard InChI is InChI=1S/C38H50BF3N4O3/c1-8-12-27-15-17-28(18-16-27)19-20-29-21-22-30(24-31(29)38(40,41)42)32(13-9-2)44-34(26(4)10-3)33-14-11-23-46(33)35(39-48-25-43)45-36(47)49-37(5,6)7/h13,15-18,21-22,24,26,33H,8-12,14,19-20,23H2,1-7H3,(H,45,47)/b32-13-,44-34?. The molecule has 2 unspecified atom stereocenters. The van der Waals surface area contributed by atoms with E-state index in [0.717, 1.165) is 37.0 Å². The minimum atomic E-state index is -4.53. The molecular formula is C38H50BF3N4O3. The van der Waals surface area contributed by atoms with Crippen molar-refractivity contribution >= 4 is 30.3 Å². The molecule has 11 heteroatoms. The van der Waals surface area contributed by atoms with Crippen LogP contribution >= 0.6 is 0 Å². The topological polar surface area (TPSA) is 87.0 Å². The minimum absolute atomic E-state index is 0.0319. The second-order valence-electron chi connectivity index (χ2n) is 13.5. The van der Waals surface area contributed by atoms with Gasteiger partial charge in [-0.25, -0.2) is 0 Å². The predicted molar refractivity (Wildman–Crippen MR) is 191 cm³/mol. The Morgan fingerprint density at radius 1 is 1.10 bits per heavy atom. The van der Waals surface area contributed by atoms with E-state index in [4.69, 9.17) is 19.6 Å². The van der Waals surface area contributed by atoms with Crippen LogP contribution in [0.4, 0.5) is 18.0 Å². The van der Waals surface area contributed by atoms with Crippen molar-refractivity contribution in [3.63, 3.8) is 0 Å². The Kier molecular flexibility index (Phi) is 14.5. The summed E-state index contributed by atoms with van der Waals surface area (Å²) in [5.74, 6) is -0.0319. The maximum absolute atomic E-state index is 14.5. The number of amides is 1. The molecule has 7 nitrogen and oxygen atoms in total. The van der Waals surface area contributed by atoms with Crippen molar-refractivity contribution in [2.75, 3.05) is 6.54 Å². The van der Waals surface area contributed by atoms with E-state index in [1.807, 2.05) is 43.9 Å². The number of alkyl halides is 3. The van der Waals surface area contributed by atoms with E-state index < -0.39 is 23.4 Å². The van der Waals surface area contributed by atoms with E-state index in [2.05, 4.69) is 24.4 Å². The number of alkyl carbamates (subject to hydrolysis) is 1. The Labute approximate surface area is 290 Å². The fourth-order valence-corrected chi connectivity index (χ4v) is 5.96. The van der Waals surface area contributed by atoms with Crippen molar-refractivity contribution in [2.45, 2.75) is 118 Å². The van der Waals surface area contributed by atoms with Crippen molar-refractivity contribution in [3.8, 4) is 6.26 Å². The van der Waals surface area contributed by atoms with Crippen LogP contribution in [-0.2, 0) is 34.8 Å². The van der Waals surface area contributed by atoms with E-state index in [1.54, 1.807) is 39.2 Å². The third-order valence-electron chi connectivity index (χ3n) is 8.48. The van der Waals surface area contributed by atoms with Crippen molar-refractivity contribution in [2.24, 2.45) is 10.9 Å². The van der Waals surface area contributed by atoms with E-state index in [-0.39, 0.29) is 29.7 Å². The van der Waals surface area contributed by atoms with Gasteiger partial charge in [-0.3, -0.25) is 0 Å². The number of allylic oxidation sites excluding steroid dienone is 1. The molecule has 49 heavy (non-hydrogen) atoms. The van der Waals surface area contributed by atoms with Gasteiger partial charge in [-0.05, 0) is 17.5 Å². The summed E-state index contributed by atoms with van der Waals surface area (Å²) in [7, 11) is 1.17. The summed E-state index contributed by atoms with van der Waals surface area (Å²) < 4.78 is 54.0. The molecule has 1 N–H and O–H groups in total. The summed E-state index contributed by atoms with van der Waals surface area (Å²) in [6, 6.07) is 12.3. The number of hydrogen-bond donors (Lipinski definition) is 1. The molecule has 2 atom stereocenters. The maximum atomic E-state index is 14.5. The summed E-state index contributed by atoms with van der Waals surface area (Å²) in [5.41, 5.74) is 2.95. The van der Waals surface area contributed by atoms with Gasteiger partial charge in [0.2, 0.25) is 0 Å². The second-order valence-corrected chi connectivity index (χ2v) is 13.5.